The molecule has 0 amide bonds. The third-order valence-electron chi connectivity index (χ3n) is 4.02. The second-order valence-electron chi connectivity index (χ2n) is 6.01. The van der Waals surface area contributed by atoms with Gasteiger partial charge in [0.2, 0.25) is 0 Å². The van der Waals surface area contributed by atoms with Crippen molar-refractivity contribution in [2.24, 2.45) is 0 Å². The molecule has 0 aliphatic rings. The maximum Gasteiger partial charge on any atom is 0.328 e. The van der Waals surface area contributed by atoms with Crippen LogP contribution in [0.3, 0.4) is 0 Å². The third-order valence-corrected chi connectivity index (χ3v) is 4.02. The predicted molar refractivity (Wildman–Crippen MR) is 98.8 cm³/mol. The number of carboxylic acids is 1. The van der Waals surface area contributed by atoms with Gasteiger partial charge in [0, 0.05) is 17.8 Å². The molecule has 1 N–H and O–H groups in total. The van der Waals surface area contributed by atoms with Crippen molar-refractivity contribution in [3.05, 3.63) is 59.8 Å². The molecule has 126 valence electrons. The molecule has 0 spiro atoms. The van der Waals surface area contributed by atoms with Crippen molar-refractivity contribution < 1.29 is 9.90 Å². The van der Waals surface area contributed by atoms with Crippen LogP contribution in [0.15, 0.2) is 48.7 Å². The average Bonchev–Trinajstić information content (AvgIpc) is 2.61. The molecule has 3 heteroatoms. The van der Waals surface area contributed by atoms with E-state index in [1.807, 2.05) is 30.5 Å². The summed E-state index contributed by atoms with van der Waals surface area (Å²) in [7, 11) is 0. The number of pyridine rings is 1. The van der Waals surface area contributed by atoms with Crippen LogP contribution in [-0.4, -0.2) is 16.1 Å². The molecule has 0 atom stereocenters. The summed E-state index contributed by atoms with van der Waals surface area (Å²) in [4.78, 5) is 15.1. The van der Waals surface area contributed by atoms with Gasteiger partial charge in [-0.2, -0.15) is 0 Å². The van der Waals surface area contributed by atoms with E-state index in [1.165, 1.54) is 37.7 Å². The fourth-order valence-electron chi connectivity index (χ4n) is 2.61. The van der Waals surface area contributed by atoms with Gasteiger partial charge in [-0.05, 0) is 36.1 Å². The van der Waals surface area contributed by atoms with Gasteiger partial charge in [0.25, 0.3) is 0 Å². The number of unbranched alkanes of at least 4 members (excludes halogenated alkanes) is 4. The van der Waals surface area contributed by atoms with E-state index in [9.17, 15) is 4.79 Å². The van der Waals surface area contributed by atoms with Crippen molar-refractivity contribution in [2.75, 3.05) is 0 Å². The summed E-state index contributed by atoms with van der Waals surface area (Å²) in [6.07, 6.45) is 12.2. The molecular formula is C21H25NO2. The van der Waals surface area contributed by atoms with Gasteiger partial charge < -0.3 is 5.11 Å². The maximum absolute atomic E-state index is 10.5. The van der Waals surface area contributed by atoms with E-state index in [2.05, 4.69) is 24.0 Å². The van der Waals surface area contributed by atoms with Gasteiger partial charge in [0.05, 0.1) is 5.69 Å². The molecule has 3 nitrogen and oxygen atoms in total. The van der Waals surface area contributed by atoms with Gasteiger partial charge in [-0.15, -0.1) is 0 Å². The highest BCUT2D eigenvalue weighted by molar-refractivity contribution is 5.85. The first-order chi connectivity index (χ1) is 11.7. The Labute approximate surface area is 144 Å². The van der Waals surface area contributed by atoms with Crippen LogP contribution in [0.1, 0.15) is 50.2 Å². The molecule has 1 aromatic heterocycles. The summed E-state index contributed by atoms with van der Waals surface area (Å²) >= 11 is 0. The second-order valence-corrected chi connectivity index (χ2v) is 6.01. The van der Waals surface area contributed by atoms with Crippen molar-refractivity contribution in [1.82, 2.24) is 4.98 Å². The number of carbonyl (C=O) groups is 1. The summed E-state index contributed by atoms with van der Waals surface area (Å²) in [5, 5.41) is 8.64. The fourth-order valence-corrected chi connectivity index (χ4v) is 2.61. The molecular weight excluding hydrogens is 298 g/mol. The van der Waals surface area contributed by atoms with E-state index in [0.29, 0.717) is 0 Å². The maximum atomic E-state index is 10.5. The zero-order valence-corrected chi connectivity index (χ0v) is 14.2. The Bertz CT molecular complexity index is 657. The summed E-state index contributed by atoms with van der Waals surface area (Å²) in [5.74, 6) is -0.939. The number of aryl methyl sites for hydroxylation is 1. The number of nitrogens with zero attached hydrogens (tertiary/aromatic N) is 1. The second kappa shape index (κ2) is 9.66. The summed E-state index contributed by atoms with van der Waals surface area (Å²) in [6.45, 7) is 2.23. The Morgan fingerprint density at radius 3 is 2.42 bits per heavy atom. The Balaban J connectivity index is 1.91. The standard InChI is InChI=1S/C21H25NO2/c1-2-3-4-5-6-7-18-10-14-20(22-16-18)19-12-8-17(9-13-19)11-15-21(23)24/h8-16H,2-7H2,1H3,(H,23,24)/b15-11+. The van der Waals surface area contributed by atoms with Crippen LogP contribution < -0.4 is 0 Å². The van der Waals surface area contributed by atoms with Crippen molar-refractivity contribution in [3.8, 4) is 11.3 Å². The topological polar surface area (TPSA) is 50.2 Å². The highest BCUT2D eigenvalue weighted by Crippen LogP contribution is 2.19. The van der Waals surface area contributed by atoms with E-state index in [1.54, 1.807) is 6.08 Å². The molecule has 1 aromatic carbocycles. The molecule has 0 radical (unpaired) electrons. The number of aliphatic carboxylic acids is 1. The van der Waals surface area contributed by atoms with Gasteiger partial charge in [0.15, 0.2) is 0 Å². The summed E-state index contributed by atoms with van der Waals surface area (Å²) < 4.78 is 0. The van der Waals surface area contributed by atoms with Crippen LogP contribution in [0.25, 0.3) is 17.3 Å². The lowest BCUT2D eigenvalue weighted by Gasteiger charge is -2.05. The van der Waals surface area contributed by atoms with Gasteiger partial charge in [-0.1, -0.05) is 62.9 Å². The molecule has 2 rings (SSSR count). The minimum Gasteiger partial charge on any atom is -0.478 e. The molecule has 0 unspecified atom stereocenters. The van der Waals surface area contributed by atoms with Gasteiger partial charge in [-0.3, -0.25) is 4.98 Å². The van der Waals surface area contributed by atoms with Crippen molar-refractivity contribution >= 4 is 12.0 Å². The van der Waals surface area contributed by atoms with E-state index in [-0.39, 0.29) is 0 Å². The molecule has 2 aromatic rings. The monoisotopic (exact) mass is 323 g/mol. The highest BCUT2D eigenvalue weighted by atomic mass is 16.4. The minimum atomic E-state index is -0.939. The van der Waals surface area contributed by atoms with Crippen LogP contribution in [0.2, 0.25) is 0 Å². The lowest BCUT2D eigenvalue weighted by molar-refractivity contribution is -0.131. The normalized spacial score (nSPS) is 11.0. The summed E-state index contributed by atoms with van der Waals surface area (Å²) in [5.41, 5.74) is 4.14. The van der Waals surface area contributed by atoms with Crippen molar-refractivity contribution in [2.45, 2.75) is 45.4 Å². The largest absolute Gasteiger partial charge is 0.478 e. The van der Waals surface area contributed by atoms with Crippen LogP contribution in [0, 0.1) is 0 Å². The van der Waals surface area contributed by atoms with Crippen LogP contribution in [-0.2, 0) is 11.2 Å². The SMILES string of the molecule is CCCCCCCc1ccc(-c2ccc(/C=C/C(=O)O)cc2)nc1. The zero-order valence-electron chi connectivity index (χ0n) is 14.2. The average molecular weight is 323 g/mol. The number of benzene rings is 1. The first kappa shape index (κ1) is 17.9. The van der Waals surface area contributed by atoms with Crippen LogP contribution >= 0.6 is 0 Å². The Kier molecular flexibility index (Phi) is 7.21. The highest BCUT2D eigenvalue weighted by Gasteiger charge is 2.00. The molecule has 0 aliphatic carbocycles. The lowest BCUT2D eigenvalue weighted by Crippen LogP contribution is -1.90. The van der Waals surface area contributed by atoms with E-state index in [0.717, 1.165) is 29.3 Å². The Hall–Kier alpha value is -2.42. The van der Waals surface area contributed by atoms with E-state index < -0.39 is 5.97 Å². The number of rotatable bonds is 9. The van der Waals surface area contributed by atoms with E-state index >= 15 is 0 Å². The molecule has 1 heterocycles. The molecule has 0 fully saturated rings. The van der Waals surface area contributed by atoms with E-state index in [4.69, 9.17) is 5.11 Å². The number of carboxylic acid groups (broad SMARTS) is 1. The smallest absolute Gasteiger partial charge is 0.328 e. The molecule has 0 saturated heterocycles. The molecule has 24 heavy (non-hydrogen) atoms. The van der Waals surface area contributed by atoms with Crippen molar-refractivity contribution in [3.63, 3.8) is 0 Å². The van der Waals surface area contributed by atoms with Crippen LogP contribution in [0.5, 0.6) is 0 Å². The quantitative estimate of drug-likeness (QED) is 0.499. The predicted octanol–water partition coefficient (Wildman–Crippen LogP) is 5.36. The molecule has 0 bridgehead atoms. The Morgan fingerprint density at radius 1 is 1.04 bits per heavy atom. The van der Waals surface area contributed by atoms with Gasteiger partial charge in [-0.25, -0.2) is 4.79 Å². The Morgan fingerprint density at radius 2 is 1.79 bits per heavy atom. The third kappa shape index (κ3) is 5.99. The van der Waals surface area contributed by atoms with Gasteiger partial charge in [0.1, 0.15) is 0 Å². The first-order valence-corrected chi connectivity index (χ1v) is 8.65. The van der Waals surface area contributed by atoms with Crippen molar-refractivity contribution in [1.29, 1.82) is 0 Å². The number of hydrogen-bond acceptors (Lipinski definition) is 2. The van der Waals surface area contributed by atoms with Crippen LogP contribution in [0.4, 0.5) is 0 Å². The first-order valence-electron chi connectivity index (χ1n) is 8.65. The number of hydrogen-bond donors (Lipinski definition) is 1. The van der Waals surface area contributed by atoms with Gasteiger partial charge >= 0.3 is 5.97 Å². The molecule has 0 aliphatic heterocycles. The zero-order chi connectivity index (χ0) is 17.2. The summed E-state index contributed by atoms with van der Waals surface area (Å²) in [6, 6.07) is 11.9. The molecule has 0 saturated carbocycles. The minimum absolute atomic E-state index is 0.866. The fraction of sp³-hybridized carbons (Fsp3) is 0.333. The number of aromatic nitrogens is 1. The lowest BCUT2D eigenvalue weighted by atomic mass is 10.0.